The van der Waals surface area contributed by atoms with Gasteiger partial charge >= 0.3 is 17.2 Å². The molecular weight excluding hydrogens is 346 g/mol. The van der Waals surface area contributed by atoms with Gasteiger partial charge in [0.2, 0.25) is 0 Å². The second kappa shape index (κ2) is 6.89. The Balaban J connectivity index is 1.78. The van der Waals surface area contributed by atoms with Crippen molar-refractivity contribution in [3.8, 4) is 0 Å². The normalized spacial score (nSPS) is 35.1. The van der Waals surface area contributed by atoms with Crippen molar-refractivity contribution in [1.82, 2.24) is 0 Å². The van der Waals surface area contributed by atoms with Gasteiger partial charge in [-0.1, -0.05) is 0 Å². The van der Waals surface area contributed by atoms with Crippen molar-refractivity contribution in [2.24, 2.45) is 5.41 Å². The molecule has 2 aliphatic heterocycles. The predicted molar refractivity (Wildman–Crippen MR) is 88.9 cm³/mol. The summed E-state index contributed by atoms with van der Waals surface area (Å²) >= 11 is 0. The summed E-state index contributed by atoms with van der Waals surface area (Å²) in [7, 11) is -5.70. The molecule has 0 amide bonds. The average molecular weight is 372 g/mol. The summed E-state index contributed by atoms with van der Waals surface area (Å²) in [5.74, 6) is 0. The molecule has 6 nitrogen and oxygen atoms in total. The Bertz CT molecular complexity index is 306. The molecule has 0 aromatic heterocycles. The molecule has 0 aromatic carbocycles. The van der Waals surface area contributed by atoms with Crippen molar-refractivity contribution < 1.29 is 26.5 Å². The highest BCUT2D eigenvalue weighted by molar-refractivity contribution is 7.44. The lowest BCUT2D eigenvalue weighted by Gasteiger charge is -2.43. The maximum atomic E-state index is 5.86. The minimum absolute atomic E-state index is 0.219. The van der Waals surface area contributed by atoms with Gasteiger partial charge in [-0.05, 0) is 39.3 Å². The first kappa shape index (κ1) is 18.4. The Kier molecular flexibility index (Phi) is 6.04. The van der Waals surface area contributed by atoms with Crippen LogP contribution in [-0.2, 0) is 26.5 Å². The Hall–Kier alpha value is 1.05. The molecule has 124 valence electrons. The molecule has 1 spiro atoms. The van der Waals surface area contributed by atoms with E-state index in [-0.39, 0.29) is 5.41 Å². The molecule has 0 radical (unpaired) electrons. The molecule has 2 fully saturated rings. The summed E-state index contributed by atoms with van der Waals surface area (Å²) in [6.07, 6.45) is 0. The molecule has 0 aliphatic carbocycles. The summed E-state index contributed by atoms with van der Waals surface area (Å²) in [5, 5.41) is 0. The van der Waals surface area contributed by atoms with Crippen LogP contribution >= 0.6 is 17.2 Å². The van der Waals surface area contributed by atoms with Crippen molar-refractivity contribution >= 4 is 33.8 Å². The third-order valence-corrected chi connectivity index (χ3v) is 9.54. The van der Waals surface area contributed by atoms with E-state index in [0.29, 0.717) is 26.4 Å². The zero-order valence-corrected chi connectivity index (χ0v) is 17.5. The maximum Gasteiger partial charge on any atom is 0.321 e. The molecule has 10 heteroatoms. The predicted octanol–water partition coefficient (Wildman–Crippen LogP) is 4.22. The first-order valence-corrected chi connectivity index (χ1v) is 16.1. The van der Waals surface area contributed by atoms with Crippen LogP contribution in [0.25, 0.3) is 0 Å². The fourth-order valence-electron chi connectivity index (χ4n) is 1.64. The van der Waals surface area contributed by atoms with Crippen molar-refractivity contribution in [3.05, 3.63) is 0 Å². The zero-order valence-electron chi connectivity index (χ0n) is 13.7. The summed E-state index contributed by atoms with van der Waals surface area (Å²) < 4.78 is 34.7. The van der Waals surface area contributed by atoms with Gasteiger partial charge in [-0.25, -0.2) is 0 Å². The number of hydrogen-bond acceptors (Lipinski definition) is 6. The smallest absolute Gasteiger partial charge is 0.321 e. The molecule has 2 heterocycles. The lowest BCUT2D eigenvalue weighted by atomic mass is 9.93. The van der Waals surface area contributed by atoms with Crippen LogP contribution in [0.3, 0.4) is 0 Å². The van der Waals surface area contributed by atoms with Crippen LogP contribution in [0, 0.1) is 5.41 Å². The highest BCUT2D eigenvalue weighted by Gasteiger charge is 2.45. The second-order valence-corrected chi connectivity index (χ2v) is 19.3. The third kappa shape index (κ3) is 6.22. The number of rotatable bonds is 4. The van der Waals surface area contributed by atoms with Crippen molar-refractivity contribution in [3.63, 3.8) is 0 Å². The summed E-state index contributed by atoms with van der Waals surface area (Å²) in [6.45, 7) is 15.0. The van der Waals surface area contributed by atoms with E-state index >= 15 is 0 Å². The number of hydrogen-bond donors (Lipinski definition) is 0. The standard InChI is InChI=1S/C11H26O6P2Si2/c1-20(2,3)16-18-12-7-11(8-13-18)9-14-19(15-10-11)17-21(4,5)6/h7-10H2,1-6H3. The molecule has 0 unspecified atom stereocenters. The van der Waals surface area contributed by atoms with Gasteiger partial charge in [0.05, 0.1) is 31.8 Å². The Morgan fingerprint density at radius 2 is 0.952 bits per heavy atom. The van der Waals surface area contributed by atoms with E-state index in [9.17, 15) is 0 Å². The third-order valence-electron chi connectivity index (χ3n) is 2.60. The van der Waals surface area contributed by atoms with E-state index in [1.54, 1.807) is 0 Å². The minimum atomic E-state index is -1.64. The topological polar surface area (TPSA) is 55.4 Å². The van der Waals surface area contributed by atoms with E-state index < -0.39 is 33.8 Å². The van der Waals surface area contributed by atoms with E-state index in [1.165, 1.54) is 0 Å². The average Bonchev–Trinajstić information content (AvgIpc) is 2.32. The highest BCUT2D eigenvalue weighted by atomic mass is 31.2. The summed E-state index contributed by atoms with van der Waals surface area (Å²) in [6, 6.07) is 0. The Labute approximate surface area is 132 Å². The summed E-state index contributed by atoms with van der Waals surface area (Å²) in [4.78, 5) is 0. The second-order valence-electron chi connectivity index (χ2n) is 7.45. The molecule has 2 saturated heterocycles. The molecular formula is C11H26O6P2Si2. The van der Waals surface area contributed by atoms with Crippen molar-refractivity contribution in [2.45, 2.75) is 39.3 Å². The van der Waals surface area contributed by atoms with Crippen LogP contribution in [0.2, 0.25) is 39.3 Å². The zero-order chi connectivity index (χ0) is 15.7. The van der Waals surface area contributed by atoms with Gasteiger partial charge in [0.25, 0.3) is 0 Å². The maximum absolute atomic E-state index is 5.86. The van der Waals surface area contributed by atoms with Crippen LogP contribution < -0.4 is 0 Å². The molecule has 0 saturated carbocycles. The van der Waals surface area contributed by atoms with E-state index in [1.807, 2.05) is 0 Å². The molecule has 21 heavy (non-hydrogen) atoms. The lowest BCUT2D eigenvalue weighted by molar-refractivity contribution is -0.0678. The van der Waals surface area contributed by atoms with Gasteiger partial charge in [-0.15, -0.1) is 0 Å². The van der Waals surface area contributed by atoms with E-state index in [2.05, 4.69) is 39.3 Å². The molecule has 2 rings (SSSR count). The lowest BCUT2D eigenvalue weighted by Crippen LogP contribution is -2.45. The van der Waals surface area contributed by atoms with Crippen LogP contribution in [0.4, 0.5) is 0 Å². The van der Waals surface area contributed by atoms with Crippen LogP contribution in [0.1, 0.15) is 0 Å². The van der Waals surface area contributed by atoms with Crippen LogP contribution in [0.5, 0.6) is 0 Å². The first-order valence-electron chi connectivity index (χ1n) is 7.07. The first-order chi connectivity index (χ1) is 9.57. The summed E-state index contributed by atoms with van der Waals surface area (Å²) in [5.41, 5.74) is -0.219. The molecule has 0 aromatic rings. The van der Waals surface area contributed by atoms with Gasteiger partial charge in [0.15, 0.2) is 16.6 Å². The van der Waals surface area contributed by atoms with E-state index in [0.717, 1.165) is 0 Å². The molecule has 0 bridgehead atoms. The molecule has 0 N–H and O–H groups in total. The van der Waals surface area contributed by atoms with Gasteiger partial charge in [0, 0.05) is 0 Å². The van der Waals surface area contributed by atoms with Gasteiger partial charge < -0.3 is 26.5 Å². The van der Waals surface area contributed by atoms with Crippen LogP contribution in [0.15, 0.2) is 0 Å². The van der Waals surface area contributed by atoms with Crippen LogP contribution in [-0.4, -0.2) is 43.1 Å². The van der Waals surface area contributed by atoms with Gasteiger partial charge in [0.1, 0.15) is 0 Å². The fourth-order valence-corrected chi connectivity index (χ4v) is 7.72. The minimum Gasteiger partial charge on any atom is -0.355 e. The molecule has 0 atom stereocenters. The fraction of sp³-hybridized carbons (Fsp3) is 1.00. The highest BCUT2D eigenvalue weighted by Crippen LogP contribution is 2.54. The SMILES string of the molecule is C[Si](C)(C)OP1OCC2(CO1)COP(O[Si](C)(C)C)OC2. The quantitative estimate of drug-likeness (QED) is 0.544. The van der Waals surface area contributed by atoms with Crippen molar-refractivity contribution in [2.75, 3.05) is 26.4 Å². The van der Waals surface area contributed by atoms with Gasteiger partial charge in [-0.3, -0.25) is 0 Å². The Morgan fingerprint density at radius 1 is 0.667 bits per heavy atom. The largest absolute Gasteiger partial charge is 0.355 e. The monoisotopic (exact) mass is 372 g/mol. The Morgan fingerprint density at radius 3 is 1.19 bits per heavy atom. The molecule has 2 aliphatic rings. The van der Waals surface area contributed by atoms with Crippen molar-refractivity contribution in [1.29, 1.82) is 0 Å². The van der Waals surface area contributed by atoms with E-state index in [4.69, 9.17) is 26.5 Å². The van der Waals surface area contributed by atoms with Gasteiger partial charge in [-0.2, -0.15) is 0 Å².